The zero-order valence-electron chi connectivity index (χ0n) is 18.2. The molecule has 2 fully saturated rings. The minimum absolute atomic E-state index is 0.00220. The number of nitrogens with one attached hydrogen (secondary N) is 1. The number of carbonyl (C=O) groups is 1. The molecule has 1 unspecified atom stereocenters. The molecule has 0 bridgehead atoms. The van der Waals surface area contributed by atoms with E-state index in [0.717, 1.165) is 37.3 Å². The molecule has 2 aliphatic heterocycles. The summed E-state index contributed by atoms with van der Waals surface area (Å²) in [5.41, 5.74) is 0.842. The zero-order valence-corrected chi connectivity index (χ0v) is 19.0. The summed E-state index contributed by atoms with van der Waals surface area (Å²) >= 11 is 0. The van der Waals surface area contributed by atoms with E-state index in [4.69, 9.17) is 4.42 Å². The van der Waals surface area contributed by atoms with Crippen molar-refractivity contribution in [2.24, 2.45) is 5.92 Å². The topological polar surface area (TPSA) is 82.9 Å². The van der Waals surface area contributed by atoms with Crippen molar-refractivity contribution >= 4 is 22.0 Å². The summed E-state index contributed by atoms with van der Waals surface area (Å²) in [7, 11) is -3.50. The van der Waals surface area contributed by atoms with E-state index in [1.807, 2.05) is 42.5 Å². The van der Waals surface area contributed by atoms with Gasteiger partial charge in [-0.3, -0.25) is 9.69 Å². The molecule has 2 saturated heterocycles. The van der Waals surface area contributed by atoms with Gasteiger partial charge in [-0.2, -0.15) is 4.31 Å². The first-order valence-corrected chi connectivity index (χ1v) is 12.8. The maximum atomic E-state index is 12.8. The number of carbonyl (C=O) groups excluding carboxylic acids is 1. The predicted molar refractivity (Wildman–Crippen MR) is 124 cm³/mol. The summed E-state index contributed by atoms with van der Waals surface area (Å²) in [6.45, 7) is 3.23. The lowest BCUT2D eigenvalue weighted by Gasteiger charge is -2.31. The lowest BCUT2D eigenvalue weighted by molar-refractivity contribution is -0.126. The largest absolute Gasteiger partial charge is 0.468 e. The normalized spacial score (nSPS) is 20.0. The van der Waals surface area contributed by atoms with E-state index in [0.29, 0.717) is 32.5 Å². The third kappa shape index (κ3) is 5.68. The Balaban J connectivity index is 1.29. The Hall–Kier alpha value is -2.42. The van der Waals surface area contributed by atoms with Gasteiger partial charge < -0.3 is 9.73 Å². The Kier molecular flexibility index (Phi) is 7.44. The Bertz CT molecular complexity index is 991. The van der Waals surface area contributed by atoms with Crippen molar-refractivity contribution in [2.75, 3.05) is 32.7 Å². The van der Waals surface area contributed by atoms with E-state index in [9.17, 15) is 13.2 Å². The molecular formula is C24H31N3O4S. The van der Waals surface area contributed by atoms with Gasteiger partial charge in [-0.1, -0.05) is 30.3 Å². The van der Waals surface area contributed by atoms with Crippen LogP contribution >= 0.6 is 0 Å². The highest BCUT2D eigenvalue weighted by Gasteiger charge is 2.31. The second-order valence-electron chi connectivity index (χ2n) is 8.45. The van der Waals surface area contributed by atoms with Crippen molar-refractivity contribution in [2.45, 2.75) is 31.7 Å². The summed E-state index contributed by atoms with van der Waals surface area (Å²) in [4.78, 5) is 15.2. The van der Waals surface area contributed by atoms with E-state index in [-0.39, 0.29) is 17.9 Å². The number of furan rings is 1. The standard InChI is InChI=1S/C24H31N3O4S/c28-24(25-19-22(23-9-6-17-31-23)26-13-4-5-14-26)21-10-15-27(16-11-21)32(29,30)18-12-20-7-2-1-3-8-20/h1-3,6-9,12,17-18,21-22H,4-5,10-11,13-16,19H2,(H,25,28)/b18-12+. The summed E-state index contributed by atoms with van der Waals surface area (Å²) in [5, 5.41) is 4.35. The molecule has 0 saturated carbocycles. The lowest BCUT2D eigenvalue weighted by Crippen LogP contribution is -2.44. The fourth-order valence-electron chi connectivity index (χ4n) is 4.47. The van der Waals surface area contributed by atoms with Gasteiger partial charge in [0.25, 0.3) is 0 Å². The van der Waals surface area contributed by atoms with Crippen LogP contribution in [0.2, 0.25) is 0 Å². The van der Waals surface area contributed by atoms with Gasteiger partial charge in [0.15, 0.2) is 0 Å². The first-order valence-electron chi connectivity index (χ1n) is 11.3. The molecule has 4 rings (SSSR count). The van der Waals surface area contributed by atoms with E-state index >= 15 is 0 Å². The van der Waals surface area contributed by atoms with E-state index in [2.05, 4.69) is 10.2 Å². The summed E-state index contributed by atoms with van der Waals surface area (Å²) < 4.78 is 32.4. The minimum atomic E-state index is -3.50. The second-order valence-corrected chi connectivity index (χ2v) is 10.3. The number of benzene rings is 1. The van der Waals surface area contributed by atoms with Crippen LogP contribution in [-0.2, 0) is 14.8 Å². The molecule has 1 aromatic carbocycles. The highest BCUT2D eigenvalue weighted by Crippen LogP contribution is 2.26. The molecule has 0 radical (unpaired) electrons. The SMILES string of the molecule is O=C(NCC(c1ccco1)N1CCCC1)C1CCN(S(=O)(=O)/C=C/c2ccccc2)CC1. The van der Waals surface area contributed by atoms with Crippen molar-refractivity contribution in [3.05, 3.63) is 65.5 Å². The molecule has 1 atom stereocenters. The van der Waals surface area contributed by atoms with Crippen LogP contribution < -0.4 is 5.32 Å². The summed E-state index contributed by atoms with van der Waals surface area (Å²) in [6.07, 6.45) is 6.66. The molecule has 8 heteroatoms. The van der Waals surface area contributed by atoms with Crippen LogP contribution in [0.3, 0.4) is 0 Å². The smallest absolute Gasteiger partial charge is 0.236 e. The Morgan fingerprint density at radius 2 is 1.78 bits per heavy atom. The number of sulfonamides is 1. The van der Waals surface area contributed by atoms with Gasteiger partial charge in [0.2, 0.25) is 15.9 Å². The lowest BCUT2D eigenvalue weighted by atomic mass is 9.97. The van der Waals surface area contributed by atoms with E-state index in [1.54, 1.807) is 12.3 Å². The van der Waals surface area contributed by atoms with E-state index < -0.39 is 10.0 Å². The molecule has 32 heavy (non-hydrogen) atoms. The van der Waals surface area contributed by atoms with Crippen molar-refractivity contribution in [3.8, 4) is 0 Å². The third-order valence-electron chi connectivity index (χ3n) is 6.34. The van der Waals surface area contributed by atoms with E-state index in [1.165, 1.54) is 9.71 Å². The van der Waals surface area contributed by atoms with Gasteiger partial charge >= 0.3 is 0 Å². The maximum Gasteiger partial charge on any atom is 0.236 e. The zero-order chi connectivity index (χ0) is 22.4. The third-order valence-corrected chi connectivity index (χ3v) is 7.90. The number of likely N-dealkylation sites (tertiary alicyclic amines) is 1. The molecule has 172 valence electrons. The number of hydrogen-bond donors (Lipinski definition) is 1. The number of nitrogens with zero attached hydrogens (tertiary/aromatic N) is 2. The Morgan fingerprint density at radius 1 is 1.06 bits per heavy atom. The average Bonchev–Trinajstić information content (AvgIpc) is 3.54. The van der Waals surface area contributed by atoms with Crippen LogP contribution in [0.25, 0.3) is 6.08 Å². The number of rotatable bonds is 8. The molecule has 3 heterocycles. The molecule has 1 amide bonds. The highest BCUT2D eigenvalue weighted by molar-refractivity contribution is 7.92. The van der Waals surface area contributed by atoms with Crippen LogP contribution in [0.5, 0.6) is 0 Å². The van der Waals surface area contributed by atoms with Crippen LogP contribution in [0, 0.1) is 5.92 Å². The Labute approximate surface area is 190 Å². The van der Waals surface area contributed by atoms with Gasteiger partial charge in [0.1, 0.15) is 5.76 Å². The van der Waals surface area contributed by atoms with Crippen molar-refractivity contribution < 1.29 is 17.6 Å². The molecule has 7 nitrogen and oxygen atoms in total. The van der Waals surface area contributed by atoms with Gasteiger partial charge in [-0.05, 0) is 62.5 Å². The summed E-state index contributed by atoms with van der Waals surface area (Å²) in [6, 6.07) is 13.2. The molecule has 2 aromatic rings. The predicted octanol–water partition coefficient (Wildman–Crippen LogP) is 3.25. The van der Waals surface area contributed by atoms with Crippen LogP contribution in [0.1, 0.15) is 43.0 Å². The van der Waals surface area contributed by atoms with Crippen molar-refractivity contribution in [3.63, 3.8) is 0 Å². The maximum absolute atomic E-state index is 12.8. The van der Waals surface area contributed by atoms with Crippen LogP contribution in [-0.4, -0.2) is 56.3 Å². The van der Waals surface area contributed by atoms with Crippen molar-refractivity contribution in [1.29, 1.82) is 0 Å². The first kappa shape index (κ1) is 22.8. The number of amides is 1. The molecule has 2 aliphatic rings. The number of hydrogen-bond acceptors (Lipinski definition) is 5. The minimum Gasteiger partial charge on any atom is -0.468 e. The first-order chi connectivity index (χ1) is 15.5. The molecule has 1 N–H and O–H groups in total. The Morgan fingerprint density at radius 3 is 2.44 bits per heavy atom. The van der Waals surface area contributed by atoms with Crippen LogP contribution in [0.15, 0.2) is 58.6 Å². The van der Waals surface area contributed by atoms with Crippen molar-refractivity contribution in [1.82, 2.24) is 14.5 Å². The fourth-order valence-corrected chi connectivity index (χ4v) is 5.69. The van der Waals surface area contributed by atoms with Crippen LogP contribution in [0.4, 0.5) is 0 Å². The average molecular weight is 458 g/mol. The van der Waals surface area contributed by atoms with Gasteiger partial charge in [0.05, 0.1) is 12.3 Å². The quantitative estimate of drug-likeness (QED) is 0.658. The van der Waals surface area contributed by atoms with Gasteiger partial charge in [-0.25, -0.2) is 8.42 Å². The van der Waals surface area contributed by atoms with Gasteiger partial charge in [0, 0.05) is 31.0 Å². The molecular weight excluding hydrogens is 426 g/mol. The fraction of sp³-hybridized carbons (Fsp3) is 0.458. The summed E-state index contributed by atoms with van der Waals surface area (Å²) in [5.74, 6) is 0.700. The molecule has 0 aliphatic carbocycles. The number of piperidine rings is 1. The second kappa shape index (κ2) is 10.5. The monoisotopic (exact) mass is 457 g/mol. The van der Waals surface area contributed by atoms with Gasteiger partial charge in [-0.15, -0.1) is 0 Å². The highest BCUT2D eigenvalue weighted by atomic mass is 32.2. The molecule has 0 spiro atoms. The molecule has 1 aromatic heterocycles.